The van der Waals surface area contributed by atoms with Gasteiger partial charge in [0.2, 0.25) is 0 Å². The minimum absolute atomic E-state index is 0.0327. The van der Waals surface area contributed by atoms with Gasteiger partial charge in [-0.25, -0.2) is 0 Å². The van der Waals surface area contributed by atoms with Crippen molar-refractivity contribution in [1.29, 1.82) is 0 Å². The highest BCUT2D eigenvalue weighted by Gasteiger charge is 2.16. The summed E-state index contributed by atoms with van der Waals surface area (Å²) in [5, 5.41) is 15.4. The first-order valence-electron chi connectivity index (χ1n) is 8.18. The van der Waals surface area contributed by atoms with Crippen LogP contribution in [0.25, 0.3) is 6.08 Å². The number of phenolic OH excluding ortho intramolecular Hbond substituents is 1. The van der Waals surface area contributed by atoms with Gasteiger partial charge in [-0.2, -0.15) is 0 Å². The fraction of sp³-hybridized carbons (Fsp3) is 0.200. The molecule has 5 nitrogen and oxygen atoms in total. The lowest BCUT2D eigenvalue weighted by molar-refractivity contribution is -0.118. The highest BCUT2D eigenvalue weighted by atomic mass is 16.3. The number of benzene rings is 2. The standard InChI is InChI=1S/C20H22N2O3/c1-3-14(2)21-20(25)17(13-16-11-7-8-12-18(16)23)22-19(24)15-9-5-4-6-10-15/h4-14,23H,3H2,1-2H3,(H,21,25)(H,22,24)/b17-13-/t14-/m1/s1. The zero-order valence-electron chi connectivity index (χ0n) is 14.3. The number of carbonyl (C=O) groups is 2. The zero-order valence-corrected chi connectivity index (χ0v) is 14.3. The van der Waals surface area contributed by atoms with Crippen LogP contribution in [-0.2, 0) is 4.79 Å². The molecule has 5 heteroatoms. The number of phenols is 1. The number of carbonyl (C=O) groups excluding carboxylic acids is 2. The molecule has 0 spiro atoms. The molecule has 0 aromatic heterocycles. The molecule has 0 fully saturated rings. The van der Waals surface area contributed by atoms with E-state index in [4.69, 9.17) is 0 Å². The van der Waals surface area contributed by atoms with Crippen LogP contribution in [0.2, 0.25) is 0 Å². The van der Waals surface area contributed by atoms with Crippen molar-refractivity contribution in [3.05, 3.63) is 71.4 Å². The summed E-state index contributed by atoms with van der Waals surface area (Å²) >= 11 is 0. The van der Waals surface area contributed by atoms with Gasteiger partial charge in [0.15, 0.2) is 0 Å². The third kappa shape index (κ3) is 5.21. The smallest absolute Gasteiger partial charge is 0.268 e. The number of rotatable bonds is 6. The van der Waals surface area contributed by atoms with Crippen LogP contribution in [-0.4, -0.2) is 23.0 Å². The van der Waals surface area contributed by atoms with E-state index in [0.717, 1.165) is 6.42 Å². The largest absolute Gasteiger partial charge is 0.507 e. The topological polar surface area (TPSA) is 78.4 Å². The van der Waals surface area contributed by atoms with Crippen LogP contribution in [0.15, 0.2) is 60.3 Å². The van der Waals surface area contributed by atoms with E-state index in [1.54, 1.807) is 42.5 Å². The average Bonchev–Trinajstić information content (AvgIpc) is 2.63. The summed E-state index contributed by atoms with van der Waals surface area (Å²) in [6.07, 6.45) is 2.23. The summed E-state index contributed by atoms with van der Waals surface area (Å²) in [6.45, 7) is 3.84. The molecule has 0 saturated heterocycles. The van der Waals surface area contributed by atoms with Gasteiger partial charge < -0.3 is 15.7 Å². The van der Waals surface area contributed by atoms with Crippen molar-refractivity contribution in [2.24, 2.45) is 0 Å². The fourth-order valence-corrected chi connectivity index (χ4v) is 2.11. The molecule has 1 atom stereocenters. The third-order valence-electron chi connectivity index (χ3n) is 3.76. The second kappa shape index (κ2) is 8.68. The molecule has 2 aromatic carbocycles. The average molecular weight is 338 g/mol. The fourth-order valence-electron chi connectivity index (χ4n) is 2.11. The summed E-state index contributed by atoms with van der Waals surface area (Å²) in [4.78, 5) is 24.9. The van der Waals surface area contributed by atoms with E-state index in [9.17, 15) is 14.7 Å². The molecule has 0 unspecified atom stereocenters. The maximum atomic E-state index is 12.5. The minimum Gasteiger partial charge on any atom is -0.507 e. The number of amides is 2. The summed E-state index contributed by atoms with van der Waals surface area (Å²) in [5.74, 6) is -0.756. The van der Waals surface area contributed by atoms with Gasteiger partial charge >= 0.3 is 0 Å². The van der Waals surface area contributed by atoms with E-state index in [1.807, 2.05) is 19.9 Å². The molecule has 2 rings (SSSR count). The maximum Gasteiger partial charge on any atom is 0.268 e. The Morgan fingerprint density at radius 1 is 1.08 bits per heavy atom. The molecule has 3 N–H and O–H groups in total. The normalized spacial score (nSPS) is 12.3. The van der Waals surface area contributed by atoms with E-state index < -0.39 is 5.91 Å². The van der Waals surface area contributed by atoms with Crippen molar-refractivity contribution >= 4 is 17.9 Å². The molecule has 2 aromatic rings. The van der Waals surface area contributed by atoms with Gasteiger partial charge in [-0.1, -0.05) is 43.3 Å². The summed E-state index contributed by atoms with van der Waals surface area (Å²) in [7, 11) is 0. The second-order valence-corrected chi connectivity index (χ2v) is 5.72. The van der Waals surface area contributed by atoms with Crippen LogP contribution < -0.4 is 10.6 Å². The molecule has 0 radical (unpaired) electrons. The van der Waals surface area contributed by atoms with Crippen molar-refractivity contribution in [1.82, 2.24) is 10.6 Å². The highest BCUT2D eigenvalue weighted by molar-refractivity contribution is 6.05. The third-order valence-corrected chi connectivity index (χ3v) is 3.76. The van der Waals surface area contributed by atoms with E-state index in [0.29, 0.717) is 11.1 Å². The van der Waals surface area contributed by atoms with Crippen molar-refractivity contribution in [3.63, 3.8) is 0 Å². The predicted octanol–water partition coefficient (Wildman–Crippen LogP) is 3.08. The summed E-state index contributed by atoms with van der Waals surface area (Å²) < 4.78 is 0. The molecule has 25 heavy (non-hydrogen) atoms. The number of nitrogens with one attached hydrogen (secondary N) is 2. The lowest BCUT2D eigenvalue weighted by Gasteiger charge is -2.15. The Labute approximate surface area is 147 Å². The van der Waals surface area contributed by atoms with Gasteiger partial charge in [0.25, 0.3) is 11.8 Å². The van der Waals surface area contributed by atoms with Crippen LogP contribution in [0.3, 0.4) is 0 Å². The van der Waals surface area contributed by atoms with Gasteiger partial charge in [0, 0.05) is 17.2 Å². The Morgan fingerprint density at radius 3 is 2.36 bits per heavy atom. The van der Waals surface area contributed by atoms with Crippen molar-refractivity contribution in [2.45, 2.75) is 26.3 Å². The number of hydrogen-bond donors (Lipinski definition) is 3. The lowest BCUT2D eigenvalue weighted by Crippen LogP contribution is -2.38. The number of para-hydroxylation sites is 1. The Bertz CT molecular complexity index is 770. The second-order valence-electron chi connectivity index (χ2n) is 5.72. The van der Waals surface area contributed by atoms with Crippen LogP contribution in [0, 0.1) is 0 Å². The summed E-state index contributed by atoms with van der Waals surface area (Å²) in [5.41, 5.74) is 0.975. The van der Waals surface area contributed by atoms with Gasteiger partial charge in [0.05, 0.1) is 0 Å². The van der Waals surface area contributed by atoms with Gasteiger partial charge in [-0.3, -0.25) is 9.59 Å². The molecule has 130 valence electrons. The molecule has 0 aliphatic heterocycles. The Morgan fingerprint density at radius 2 is 1.72 bits per heavy atom. The SMILES string of the molecule is CC[C@@H](C)NC(=O)/C(=C/c1ccccc1O)NC(=O)c1ccccc1. The molecular weight excluding hydrogens is 316 g/mol. The summed E-state index contributed by atoms with van der Waals surface area (Å²) in [6, 6.07) is 15.2. The number of hydrogen-bond acceptors (Lipinski definition) is 3. The first-order chi connectivity index (χ1) is 12.0. The van der Waals surface area contributed by atoms with Crippen LogP contribution in [0.5, 0.6) is 5.75 Å². The zero-order chi connectivity index (χ0) is 18.2. The van der Waals surface area contributed by atoms with Crippen LogP contribution >= 0.6 is 0 Å². The monoisotopic (exact) mass is 338 g/mol. The van der Waals surface area contributed by atoms with E-state index >= 15 is 0 Å². The predicted molar refractivity (Wildman–Crippen MR) is 97.9 cm³/mol. The minimum atomic E-state index is -0.401. The van der Waals surface area contributed by atoms with Crippen molar-refractivity contribution in [2.75, 3.05) is 0 Å². The molecule has 0 aliphatic rings. The van der Waals surface area contributed by atoms with Crippen LogP contribution in [0.4, 0.5) is 0 Å². The Kier molecular flexibility index (Phi) is 6.34. The van der Waals surface area contributed by atoms with E-state index in [2.05, 4.69) is 10.6 Å². The molecular formula is C20H22N2O3. The lowest BCUT2D eigenvalue weighted by atomic mass is 10.1. The van der Waals surface area contributed by atoms with E-state index in [1.165, 1.54) is 12.1 Å². The molecule has 0 aliphatic carbocycles. The molecule has 0 heterocycles. The van der Waals surface area contributed by atoms with E-state index in [-0.39, 0.29) is 23.4 Å². The van der Waals surface area contributed by atoms with Crippen LogP contribution in [0.1, 0.15) is 36.2 Å². The first kappa shape index (κ1) is 18.3. The number of aromatic hydroxyl groups is 1. The molecule has 0 saturated carbocycles. The van der Waals surface area contributed by atoms with Crippen molar-refractivity contribution in [3.8, 4) is 5.75 Å². The quantitative estimate of drug-likeness (QED) is 0.708. The van der Waals surface area contributed by atoms with Gasteiger partial charge in [-0.15, -0.1) is 0 Å². The Hall–Kier alpha value is -3.08. The van der Waals surface area contributed by atoms with Gasteiger partial charge in [0.1, 0.15) is 11.4 Å². The molecule has 2 amide bonds. The Balaban J connectivity index is 2.30. The van der Waals surface area contributed by atoms with Crippen molar-refractivity contribution < 1.29 is 14.7 Å². The molecule has 0 bridgehead atoms. The maximum absolute atomic E-state index is 12.5. The first-order valence-corrected chi connectivity index (χ1v) is 8.18. The highest BCUT2D eigenvalue weighted by Crippen LogP contribution is 2.18. The van der Waals surface area contributed by atoms with Gasteiger partial charge in [-0.05, 0) is 37.6 Å².